The molecule has 1 atom stereocenters. The molecule has 72 valence electrons. The van der Waals surface area contributed by atoms with Gasteiger partial charge in [0.2, 0.25) is 0 Å². The van der Waals surface area contributed by atoms with Gasteiger partial charge in [0.25, 0.3) is 0 Å². The number of imidazole rings is 1. The molecular formula is C10H17N3. The quantitative estimate of drug-likeness (QED) is 0.686. The fraction of sp³-hybridized carbons (Fsp3) is 0.700. The van der Waals surface area contributed by atoms with Gasteiger partial charge in [-0.3, -0.25) is 4.90 Å². The molecule has 0 radical (unpaired) electrons. The van der Waals surface area contributed by atoms with Crippen molar-refractivity contribution >= 4 is 0 Å². The number of likely N-dealkylation sites (tertiary alicyclic amines) is 1. The zero-order chi connectivity index (χ0) is 9.26. The second kappa shape index (κ2) is 3.50. The molecule has 3 nitrogen and oxygen atoms in total. The van der Waals surface area contributed by atoms with Crippen LogP contribution in [0, 0.1) is 0 Å². The number of rotatable bonds is 2. The molecule has 1 aliphatic heterocycles. The Morgan fingerprint density at radius 2 is 2.31 bits per heavy atom. The van der Waals surface area contributed by atoms with Gasteiger partial charge in [0.15, 0.2) is 0 Å². The summed E-state index contributed by atoms with van der Waals surface area (Å²) >= 11 is 0. The molecule has 0 aromatic carbocycles. The highest BCUT2D eigenvalue weighted by atomic mass is 15.2. The van der Waals surface area contributed by atoms with E-state index in [1.54, 1.807) is 0 Å². The van der Waals surface area contributed by atoms with Crippen LogP contribution in [0.3, 0.4) is 0 Å². The van der Waals surface area contributed by atoms with E-state index in [0.29, 0.717) is 12.1 Å². The molecule has 1 saturated heterocycles. The Bertz CT molecular complexity index is 253. The number of nitrogens with zero attached hydrogens (tertiary/aromatic N) is 3. The Balaban J connectivity index is 1.99. The van der Waals surface area contributed by atoms with Gasteiger partial charge in [-0.2, -0.15) is 0 Å². The molecule has 1 aromatic rings. The molecule has 0 N–H and O–H groups in total. The van der Waals surface area contributed by atoms with Gasteiger partial charge < -0.3 is 4.57 Å². The second-order valence-corrected chi connectivity index (χ2v) is 4.04. The van der Waals surface area contributed by atoms with E-state index in [9.17, 15) is 0 Å². The van der Waals surface area contributed by atoms with E-state index >= 15 is 0 Å². The standard InChI is InChI=1S/C10H17N3/c1-9(2)12-5-3-10(7-12)13-6-4-11-8-13/h4,6,8-10H,3,5,7H2,1-2H3/t10-/m0/s1. The van der Waals surface area contributed by atoms with Crippen molar-refractivity contribution in [3.05, 3.63) is 18.7 Å². The van der Waals surface area contributed by atoms with Gasteiger partial charge in [-0.05, 0) is 20.3 Å². The average Bonchev–Trinajstić information content (AvgIpc) is 2.75. The van der Waals surface area contributed by atoms with E-state index < -0.39 is 0 Å². The lowest BCUT2D eigenvalue weighted by atomic mass is 10.2. The predicted octanol–water partition coefficient (Wildman–Crippen LogP) is 1.54. The maximum atomic E-state index is 4.08. The van der Waals surface area contributed by atoms with E-state index in [-0.39, 0.29) is 0 Å². The topological polar surface area (TPSA) is 21.1 Å². The first-order valence-electron chi connectivity index (χ1n) is 4.99. The van der Waals surface area contributed by atoms with Gasteiger partial charge in [0.05, 0.1) is 6.33 Å². The molecule has 1 fully saturated rings. The molecule has 0 unspecified atom stereocenters. The highest BCUT2D eigenvalue weighted by Crippen LogP contribution is 2.22. The zero-order valence-corrected chi connectivity index (χ0v) is 8.35. The summed E-state index contributed by atoms with van der Waals surface area (Å²) in [7, 11) is 0. The largest absolute Gasteiger partial charge is 0.333 e. The van der Waals surface area contributed by atoms with Gasteiger partial charge in [-0.1, -0.05) is 0 Å². The van der Waals surface area contributed by atoms with Crippen molar-refractivity contribution < 1.29 is 0 Å². The predicted molar refractivity (Wildman–Crippen MR) is 52.6 cm³/mol. The van der Waals surface area contributed by atoms with E-state index in [2.05, 4.69) is 34.5 Å². The van der Waals surface area contributed by atoms with Crippen molar-refractivity contribution in [2.24, 2.45) is 0 Å². The summed E-state index contributed by atoms with van der Waals surface area (Å²) in [5.74, 6) is 0. The third-order valence-corrected chi connectivity index (χ3v) is 2.87. The average molecular weight is 179 g/mol. The third-order valence-electron chi connectivity index (χ3n) is 2.87. The summed E-state index contributed by atoms with van der Waals surface area (Å²) in [4.78, 5) is 6.60. The molecular weight excluding hydrogens is 162 g/mol. The lowest BCUT2D eigenvalue weighted by Crippen LogP contribution is -2.28. The van der Waals surface area contributed by atoms with Gasteiger partial charge >= 0.3 is 0 Å². The van der Waals surface area contributed by atoms with Gasteiger partial charge in [0, 0.05) is 37.6 Å². The number of hydrogen-bond donors (Lipinski definition) is 0. The summed E-state index contributed by atoms with van der Waals surface area (Å²) < 4.78 is 2.22. The van der Waals surface area contributed by atoms with E-state index in [4.69, 9.17) is 0 Å². The minimum atomic E-state index is 0.643. The molecule has 0 aliphatic carbocycles. The van der Waals surface area contributed by atoms with Crippen LogP contribution in [-0.4, -0.2) is 33.6 Å². The second-order valence-electron chi connectivity index (χ2n) is 4.04. The van der Waals surface area contributed by atoms with Gasteiger partial charge in [-0.25, -0.2) is 4.98 Å². The molecule has 0 saturated carbocycles. The third kappa shape index (κ3) is 1.75. The fourth-order valence-electron chi connectivity index (χ4n) is 1.97. The molecule has 2 heterocycles. The normalized spacial score (nSPS) is 24.4. The Labute approximate surface area is 79.4 Å². The fourth-order valence-corrected chi connectivity index (χ4v) is 1.97. The van der Waals surface area contributed by atoms with Crippen LogP contribution in [0.15, 0.2) is 18.7 Å². The summed E-state index contributed by atoms with van der Waals surface area (Å²) in [6.45, 7) is 6.92. The van der Waals surface area contributed by atoms with Crippen LogP contribution in [0.25, 0.3) is 0 Å². The lowest BCUT2D eigenvalue weighted by Gasteiger charge is -2.20. The molecule has 0 amide bonds. The van der Waals surface area contributed by atoms with E-state index in [1.165, 1.54) is 19.5 Å². The minimum Gasteiger partial charge on any atom is -0.333 e. The molecule has 0 spiro atoms. The molecule has 1 aromatic heterocycles. The van der Waals surface area contributed by atoms with Crippen LogP contribution in [-0.2, 0) is 0 Å². The first kappa shape index (κ1) is 8.75. The zero-order valence-electron chi connectivity index (χ0n) is 8.35. The Morgan fingerprint density at radius 3 is 2.85 bits per heavy atom. The summed E-state index contributed by atoms with van der Waals surface area (Å²) in [6, 6.07) is 1.32. The Hall–Kier alpha value is -0.830. The monoisotopic (exact) mass is 179 g/mol. The first-order valence-corrected chi connectivity index (χ1v) is 4.99. The van der Waals surface area contributed by atoms with Crippen molar-refractivity contribution in [1.29, 1.82) is 0 Å². The highest BCUT2D eigenvalue weighted by molar-refractivity contribution is 4.87. The maximum absolute atomic E-state index is 4.08. The van der Waals surface area contributed by atoms with Crippen LogP contribution in [0.2, 0.25) is 0 Å². The molecule has 3 heteroatoms. The van der Waals surface area contributed by atoms with E-state index in [1.807, 2.05) is 12.5 Å². The smallest absolute Gasteiger partial charge is 0.0948 e. The molecule has 0 bridgehead atoms. The SMILES string of the molecule is CC(C)N1CC[C@H](n2ccnc2)C1. The van der Waals surface area contributed by atoms with Crippen molar-refractivity contribution in [3.63, 3.8) is 0 Å². The highest BCUT2D eigenvalue weighted by Gasteiger charge is 2.24. The van der Waals surface area contributed by atoms with Gasteiger partial charge in [0.1, 0.15) is 0 Å². The molecule has 1 aliphatic rings. The van der Waals surface area contributed by atoms with Crippen molar-refractivity contribution in [2.75, 3.05) is 13.1 Å². The molecule has 2 rings (SSSR count). The van der Waals surface area contributed by atoms with Crippen LogP contribution in [0.5, 0.6) is 0 Å². The number of aromatic nitrogens is 2. The van der Waals surface area contributed by atoms with Crippen LogP contribution in [0.1, 0.15) is 26.3 Å². The summed E-state index contributed by atoms with van der Waals surface area (Å²) in [5.41, 5.74) is 0. The van der Waals surface area contributed by atoms with Crippen molar-refractivity contribution in [1.82, 2.24) is 14.5 Å². The molecule has 13 heavy (non-hydrogen) atoms. The van der Waals surface area contributed by atoms with Crippen LogP contribution in [0.4, 0.5) is 0 Å². The van der Waals surface area contributed by atoms with Crippen molar-refractivity contribution in [2.45, 2.75) is 32.4 Å². The Kier molecular flexibility index (Phi) is 2.36. The van der Waals surface area contributed by atoms with Crippen LogP contribution >= 0.6 is 0 Å². The number of hydrogen-bond acceptors (Lipinski definition) is 2. The lowest BCUT2D eigenvalue weighted by molar-refractivity contribution is 0.265. The summed E-state index contributed by atoms with van der Waals surface area (Å²) in [6.07, 6.45) is 7.11. The van der Waals surface area contributed by atoms with Gasteiger partial charge in [-0.15, -0.1) is 0 Å². The van der Waals surface area contributed by atoms with Crippen molar-refractivity contribution in [3.8, 4) is 0 Å². The summed E-state index contributed by atoms with van der Waals surface area (Å²) in [5, 5.41) is 0. The minimum absolute atomic E-state index is 0.643. The maximum Gasteiger partial charge on any atom is 0.0948 e. The van der Waals surface area contributed by atoms with Crippen LogP contribution < -0.4 is 0 Å². The van der Waals surface area contributed by atoms with E-state index in [0.717, 1.165) is 0 Å². The first-order chi connectivity index (χ1) is 6.27. The Morgan fingerprint density at radius 1 is 1.46 bits per heavy atom.